The molecule has 0 saturated carbocycles. The lowest BCUT2D eigenvalue weighted by atomic mass is 10.1. The summed E-state index contributed by atoms with van der Waals surface area (Å²) in [5.41, 5.74) is 5.67. The van der Waals surface area contributed by atoms with Crippen molar-refractivity contribution in [2.45, 2.75) is 33.0 Å². The summed E-state index contributed by atoms with van der Waals surface area (Å²) in [5.74, 6) is -1.01. The van der Waals surface area contributed by atoms with E-state index in [-0.39, 0.29) is 13.0 Å². The first kappa shape index (κ1) is 18.5. The van der Waals surface area contributed by atoms with Gasteiger partial charge < -0.3 is 0 Å². The number of alkyl halides is 3. The Bertz CT molecular complexity index is 767. The van der Waals surface area contributed by atoms with Crippen LogP contribution in [0.2, 0.25) is 0 Å². The van der Waals surface area contributed by atoms with E-state index in [0.29, 0.717) is 5.56 Å². The average Bonchev–Trinajstić information content (AvgIpc) is 2.82. The molecule has 2 rings (SSSR count). The fourth-order valence-electron chi connectivity index (χ4n) is 2.19. The van der Waals surface area contributed by atoms with Crippen LogP contribution in [-0.4, -0.2) is 21.6 Å². The summed E-state index contributed by atoms with van der Waals surface area (Å²) in [7, 11) is 0. The molecule has 0 aliphatic carbocycles. The highest BCUT2D eigenvalue weighted by atomic mass is 19.4. The predicted molar refractivity (Wildman–Crippen MR) is 83.1 cm³/mol. The van der Waals surface area contributed by atoms with Crippen LogP contribution in [0.15, 0.2) is 30.3 Å². The molecule has 2 N–H and O–H groups in total. The summed E-state index contributed by atoms with van der Waals surface area (Å²) in [6.07, 6.45) is -4.57. The van der Waals surface area contributed by atoms with E-state index in [1.54, 1.807) is 13.8 Å². The van der Waals surface area contributed by atoms with Gasteiger partial charge in [-0.25, -0.2) is 0 Å². The first-order valence-corrected chi connectivity index (χ1v) is 7.40. The maximum Gasteiger partial charge on any atom is 0.416 e. The van der Waals surface area contributed by atoms with Crippen LogP contribution in [0.25, 0.3) is 0 Å². The molecule has 0 aliphatic rings. The third-order valence-electron chi connectivity index (χ3n) is 3.38. The maximum absolute atomic E-state index is 12.5. The third kappa shape index (κ3) is 5.33. The Morgan fingerprint density at radius 3 is 2.20 bits per heavy atom. The zero-order chi connectivity index (χ0) is 18.6. The highest BCUT2D eigenvalue weighted by Crippen LogP contribution is 2.29. The molecule has 0 spiro atoms. The lowest BCUT2D eigenvalue weighted by molar-refractivity contribution is -0.137. The van der Waals surface area contributed by atoms with Gasteiger partial charge in [0.15, 0.2) is 0 Å². The Kier molecular flexibility index (Phi) is 5.45. The fraction of sp³-hybridized carbons (Fsp3) is 0.312. The van der Waals surface area contributed by atoms with Crippen LogP contribution in [0.4, 0.5) is 13.2 Å². The van der Waals surface area contributed by atoms with E-state index >= 15 is 0 Å². The Morgan fingerprint density at radius 2 is 1.68 bits per heavy atom. The number of nitrogens with one attached hydrogen (secondary N) is 2. The normalized spacial score (nSPS) is 11.2. The first-order valence-electron chi connectivity index (χ1n) is 7.40. The van der Waals surface area contributed by atoms with Gasteiger partial charge in [0, 0.05) is 5.69 Å². The number of benzene rings is 1. The van der Waals surface area contributed by atoms with Gasteiger partial charge in [0.05, 0.1) is 17.7 Å². The van der Waals surface area contributed by atoms with Crippen molar-refractivity contribution >= 4 is 11.8 Å². The summed E-state index contributed by atoms with van der Waals surface area (Å²) >= 11 is 0. The van der Waals surface area contributed by atoms with E-state index in [1.807, 2.05) is 6.07 Å². The minimum Gasteiger partial charge on any atom is -0.273 e. The quantitative estimate of drug-likeness (QED) is 0.824. The maximum atomic E-state index is 12.5. The molecule has 0 aliphatic heterocycles. The van der Waals surface area contributed by atoms with Crippen molar-refractivity contribution in [3.05, 3.63) is 52.8 Å². The van der Waals surface area contributed by atoms with Crippen molar-refractivity contribution in [3.63, 3.8) is 0 Å². The molecule has 0 radical (unpaired) electrons. The zero-order valence-electron chi connectivity index (χ0n) is 13.6. The van der Waals surface area contributed by atoms with E-state index in [9.17, 15) is 22.8 Å². The molecule has 0 atom stereocenters. The molecule has 0 unspecified atom stereocenters. The second-order valence-corrected chi connectivity index (χ2v) is 5.55. The van der Waals surface area contributed by atoms with Gasteiger partial charge in [0.1, 0.15) is 6.54 Å². The highest BCUT2D eigenvalue weighted by Gasteiger charge is 2.29. The Labute approximate surface area is 142 Å². The molecule has 0 bridgehead atoms. The molecular formula is C16H17F3N4O2. The van der Waals surface area contributed by atoms with Gasteiger partial charge in [0.25, 0.3) is 5.91 Å². The number of nitrogens with zero attached hydrogens (tertiary/aromatic N) is 2. The summed E-state index contributed by atoms with van der Waals surface area (Å²) in [4.78, 5) is 23.5. The largest absolute Gasteiger partial charge is 0.416 e. The van der Waals surface area contributed by atoms with E-state index in [1.165, 1.54) is 16.8 Å². The van der Waals surface area contributed by atoms with Gasteiger partial charge >= 0.3 is 6.18 Å². The molecule has 1 aromatic heterocycles. The lowest BCUT2D eigenvalue weighted by Crippen LogP contribution is -2.44. The summed E-state index contributed by atoms with van der Waals surface area (Å²) in [6, 6.07) is 6.07. The molecule has 134 valence electrons. The van der Waals surface area contributed by atoms with Gasteiger partial charge in [-0.2, -0.15) is 18.3 Å². The summed E-state index contributed by atoms with van der Waals surface area (Å²) in [6.45, 7) is 3.55. The highest BCUT2D eigenvalue weighted by molar-refractivity contribution is 5.83. The molecule has 6 nitrogen and oxygen atoms in total. The van der Waals surface area contributed by atoms with Crippen LogP contribution >= 0.6 is 0 Å². The number of amides is 2. The number of halogens is 3. The first-order chi connectivity index (χ1) is 11.6. The van der Waals surface area contributed by atoms with Crippen molar-refractivity contribution in [1.29, 1.82) is 0 Å². The number of aromatic nitrogens is 2. The van der Waals surface area contributed by atoms with Crippen molar-refractivity contribution in [2.75, 3.05) is 0 Å². The molecule has 1 heterocycles. The van der Waals surface area contributed by atoms with Crippen molar-refractivity contribution in [1.82, 2.24) is 20.6 Å². The summed E-state index contributed by atoms with van der Waals surface area (Å²) < 4.78 is 38.9. The van der Waals surface area contributed by atoms with Crippen LogP contribution < -0.4 is 10.9 Å². The van der Waals surface area contributed by atoms with Crippen LogP contribution in [0.3, 0.4) is 0 Å². The van der Waals surface area contributed by atoms with Crippen LogP contribution in [0, 0.1) is 13.8 Å². The molecule has 0 fully saturated rings. The summed E-state index contributed by atoms with van der Waals surface area (Å²) in [5, 5.41) is 4.12. The lowest BCUT2D eigenvalue weighted by Gasteiger charge is -2.09. The second kappa shape index (κ2) is 7.37. The SMILES string of the molecule is Cc1cc(C)n(CC(=O)NNC(=O)Cc2ccc(C(F)(F)F)cc2)n1. The molecule has 25 heavy (non-hydrogen) atoms. The predicted octanol–water partition coefficient (Wildman–Crippen LogP) is 1.91. The Hall–Kier alpha value is -2.84. The number of carbonyl (C=O) groups excluding carboxylic acids is 2. The molecule has 2 amide bonds. The topological polar surface area (TPSA) is 76.0 Å². The molecule has 0 saturated heterocycles. The molecule has 2 aromatic rings. The van der Waals surface area contributed by atoms with Gasteiger partial charge in [-0.1, -0.05) is 12.1 Å². The van der Waals surface area contributed by atoms with E-state index in [4.69, 9.17) is 0 Å². The number of rotatable bonds is 4. The van der Waals surface area contributed by atoms with Crippen LogP contribution in [0.1, 0.15) is 22.5 Å². The van der Waals surface area contributed by atoms with Crippen molar-refractivity contribution in [3.8, 4) is 0 Å². The fourth-order valence-corrected chi connectivity index (χ4v) is 2.19. The van der Waals surface area contributed by atoms with E-state index in [2.05, 4.69) is 16.0 Å². The number of hydrazine groups is 1. The number of hydrogen-bond donors (Lipinski definition) is 2. The molecule has 9 heteroatoms. The smallest absolute Gasteiger partial charge is 0.273 e. The van der Waals surface area contributed by atoms with Crippen LogP contribution in [0.5, 0.6) is 0 Å². The van der Waals surface area contributed by atoms with E-state index in [0.717, 1.165) is 23.5 Å². The minimum absolute atomic E-state index is 0.0553. The zero-order valence-corrected chi connectivity index (χ0v) is 13.6. The molecule has 1 aromatic carbocycles. The van der Waals surface area contributed by atoms with Gasteiger partial charge in [-0.15, -0.1) is 0 Å². The number of hydrogen-bond acceptors (Lipinski definition) is 3. The van der Waals surface area contributed by atoms with Crippen molar-refractivity contribution in [2.24, 2.45) is 0 Å². The number of aryl methyl sites for hydroxylation is 2. The van der Waals surface area contributed by atoms with Crippen LogP contribution in [-0.2, 0) is 28.7 Å². The van der Waals surface area contributed by atoms with Crippen molar-refractivity contribution < 1.29 is 22.8 Å². The van der Waals surface area contributed by atoms with E-state index < -0.39 is 23.6 Å². The number of carbonyl (C=O) groups is 2. The second-order valence-electron chi connectivity index (χ2n) is 5.55. The standard InChI is InChI=1S/C16H17F3N4O2/c1-10-7-11(2)23(22-10)9-15(25)21-20-14(24)8-12-3-5-13(6-4-12)16(17,18)19/h3-7H,8-9H2,1-2H3,(H,20,24)(H,21,25). The van der Waals surface area contributed by atoms with Gasteiger partial charge in [-0.05, 0) is 37.6 Å². The monoisotopic (exact) mass is 354 g/mol. The van der Waals surface area contributed by atoms with Gasteiger partial charge in [-0.3, -0.25) is 25.1 Å². The molecular weight excluding hydrogens is 337 g/mol. The Morgan fingerprint density at radius 1 is 1.08 bits per heavy atom. The third-order valence-corrected chi connectivity index (χ3v) is 3.38. The minimum atomic E-state index is -4.42. The average molecular weight is 354 g/mol. The Balaban J connectivity index is 1.82. The van der Waals surface area contributed by atoms with Gasteiger partial charge in [0.2, 0.25) is 5.91 Å².